The van der Waals surface area contributed by atoms with Crippen LogP contribution in [0.4, 0.5) is 0 Å². The third-order valence-corrected chi connectivity index (χ3v) is 2.92. The second kappa shape index (κ2) is 7.61. The summed E-state index contributed by atoms with van der Waals surface area (Å²) in [5, 5.41) is 29.7. The van der Waals surface area contributed by atoms with E-state index in [1.807, 2.05) is 0 Å². The predicted molar refractivity (Wildman–Crippen MR) is 72.3 cm³/mol. The number of hydrogen-bond acceptors (Lipinski definition) is 7. The van der Waals surface area contributed by atoms with Crippen LogP contribution in [0.2, 0.25) is 0 Å². The van der Waals surface area contributed by atoms with Crippen molar-refractivity contribution in [2.45, 2.75) is 25.6 Å². The highest BCUT2D eigenvalue weighted by Gasteiger charge is 2.26. The Balaban J connectivity index is 3.01. The van der Waals surface area contributed by atoms with Crippen molar-refractivity contribution in [3.63, 3.8) is 0 Å². The Bertz CT molecular complexity index is 512. The zero-order chi connectivity index (χ0) is 16.0. The predicted octanol–water partition coefficient (Wildman–Crippen LogP) is 0.561. The van der Waals surface area contributed by atoms with Crippen molar-refractivity contribution in [3.8, 4) is 11.5 Å². The number of rotatable bonds is 7. The average Bonchev–Trinajstić information content (AvgIpc) is 2.46. The van der Waals surface area contributed by atoms with Gasteiger partial charge in [0.05, 0.1) is 31.8 Å². The molecule has 7 nitrogen and oxygen atoms in total. The maximum absolute atomic E-state index is 11.3. The van der Waals surface area contributed by atoms with E-state index in [0.717, 1.165) is 0 Å². The van der Waals surface area contributed by atoms with Crippen LogP contribution in [0.3, 0.4) is 0 Å². The quantitative estimate of drug-likeness (QED) is 0.498. The van der Waals surface area contributed by atoms with Gasteiger partial charge in [0.1, 0.15) is 6.10 Å². The van der Waals surface area contributed by atoms with Gasteiger partial charge < -0.3 is 24.8 Å². The second-order valence-corrected chi connectivity index (χ2v) is 4.26. The van der Waals surface area contributed by atoms with Crippen LogP contribution in [0.15, 0.2) is 12.1 Å². The van der Waals surface area contributed by atoms with E-state index in [2.05, 4.69) is 4.74 Å². The Labute approximate surface area is 121 Å². The molecule has 1 rings (SSSR count). The number of hydrogen-bond donors (Lipinski definition) is 3. The molecule has 0 bridgehead atoms. The summed E-state index contributed by atoms with van der Waals surface area (Å²) in [5.74, 6) is -1.05. The fourth-order valence-corrected chi connectivity index (χ4v) is 1.86. The number of aliphatic hydroxyl groups is 2. The van der Waals surface area contributed by atoms with Gasteiger partial charge >= 0.3 is 5.97 Å². The lowest BCUT2D eigenvalue weighted by Crippen LogP contribution is -2.24. The van der Waals surface area contributed by atoms with Gasteiger partial charge in [-0.05, 0) is 18.6 Å². The Kier molecular flexibility index (Phi) is 6.13. The summed E-state index contributed by atoms with van der Waals surface area (Å²) in [6, 6.07) is 2.68. The number of carbonyl (C=O) groups is 2. The van der Waals surface area contributed by atoms with Gasteiger partial charge in [0, 0.05) is 0 Å². The van der Waals surface area contributed by atoms with Gasteiger partial charge in [0.25, 0.3) is 0 Å². The third-order valence-electron chi connectivity index (χ3n) is 2.92. The summed E-state index contributed by atoms with van der Waals surface area (Å²) < 4.78 is 9.52. The Morgan fingerprint density at radius 1 is 1.38 bits per heavy atom. The van der Waals surface area contributed by atoms with Crippen LogP contribution in [-0.4, -0.2) is 47.4 Å². The van der Waals surface area contributed by atoms with Crippen LogP contribution in [0.25, 0.3) is 0 Å². The maximum Gasteiger partial charge on any atom is 0.308 e. The first-order valence-electron chi connectivity index (χ1n) is 6.33. The normalized spacial score (nSPS) is 13.3. The fourth-order valence-electron chi connectivity index (χ4n) is 1.86. The van der Waals surface area contributed by atoms with Gasteiger partial charge in [0.15, 0.2) is 17.8 Å². The molecule has 0 aliphatic carbocycles. The highest BCUT2D eigenvalue weighted by Crippen LogP contribution is 2.35. The summed E-state index contributed by atoms with van der Waals surface area (Å²) in [6.45, 7) is 1.78. The van der Waals surface area contributed by atoms with Crippen molar-refractivity contribution >= 4 is 12.3 Å². The van der Waals surface area contributed by atoms with Crippen LogP contribution in [0, 0.1) is 0 Å². The molecule has 116 valence electrons. The summed E-state index contributed by atoms with van der Waals surface area (Å²) in [4.78, 5) is 22.3. The van der Waals surface area contributed by atoms with E-state index >= 15 is 0 Å². The lowest BCUT2D eigenvalue weighted by molar-refractivity contribution is -0.147. The molecule has 2 unspecified atom stereocenters. The van der Waals surface area contributed by atoms with Gasteiger partial charge in [-0.25, -0.2) is 0 Å². The molecule has 0 saturated carbocycles. The molecule has 1 aromatic carbocycles. The molecule has 0 aliphatic heterocycles. The molecule has 0 saturated heterocycles. The van der Waals surface area contributed by atoms with E-state index in [1.54, 1.807) is 6.92 Å². The number of ether oxygens (including phenoxy) is 2. The molecule has 1 aromatic rings. The molecule has 0 heterocycles. The minimum Gasteiger partial charge on any atom is -0.504 e. The van der Waals surface area contributed by atoms with Gasteiger partial charge in [-0.2, -0.15) is 0 Å². The molecule has 2 atom stereocenters. The molecule has 0 spiro atoms. The standard InChI is InChI=1S/C14H18O7/c1-3-21-12(17)6-10(16)13(18)8-4-5-11(20-2)14(19)9(8)7-15/h4-5,7,10,13,16,18-19H,3,6H2,1-2H3. The van der Waals surface area contributed by atoms with Crippen LogP contribution in [-0.2, 0) is 9.53 Å². The number of phenolic OH excluding ortho intramolecular Hbond substituents is 1. The van der Waals surface area contributed by atoms with Crippen molar-refractivity contribution < 1.29 is 34.4 Å². The molecule has 0 radical (unpaired) electrons. The Morgan fingerprint density at radius 3 is 2.57 bits per heavy atom. The van der Waals surface area contributed by atoms with E-state index in [-0.39, 0.29) is 23.5 Å². The molecule has 21 heavy (non-hydrogen) atoms. The largest absolute Gasteiger partial charge is 0.504 e. The summed E-state index contributed by atoms with van der Waals surface area (Å²) in [6.07, 6.45) is -3.07. The van der Waals surface area contributed by atoms with Crippen LogP contribution >= 0.6 is 0 Å². The number of methoxy groups -OCH3 is 1. The van der Waals surface area contributed by atoms with Gasteiger partial charge in [-0.1, -0.05) is 6.07 Å². The van der Waals surface area contributed by atoms with Crippen LogP contribution < -0.4 is 4.74 Å². The monoisotopic (exact) mass is 298 g/mol. The van der Waals surface area contributed by atoms with Gasteiger partial charge in [-0.3, -0.25) is 9.59 Å². The fraction of sp³-hybridized carbons (Fsp3) is 0.429. The van der Waals surface area contributed by atoms with E-state index in [9.17, 15) is 24.9 Å². The first-order valence-corrected chi connectivity index (χ1v) is 6.33. The van der Waals surface area contributed by atoms with Crippen molar-refractivity contribution in [1.29, 1.82) is 0 Å². The number of aldehydes is 1. The number of aromatic hydroxyl groups is 1. The van der Waals surface area contributed by atoms with E-state index in [0.29, 0.717) is 6.29 Å². The van der Waals surface area contributed by atoms with Crippen LogP contribution in [0.5, 0.6) is 11.5 Å². The number of benzene rings is 1. The number of aliphatic hydroxyl groups excluding tert-OH is 2. The minimum absolute atomic E-state index is 0.0000912. The molecule has 0 aromatic heterocycles. The lowest BCUT2D eigenvalue weighted by atomic mass is 9.96. The molecule has 0 fully saturated rings. The minimum atomic E-state index is -1.52. The van der Waals surface area contributed by atoms with Crippen molar-refractivity contribution in [1.82, 2.24) is 0 Å². The number of phenols is 1. The van der Waals surface area contributed by atoms with Crippen LogP contribution in [0.1, 0.15) is 35.4 Å². The molecule has 3 N–H and O–H groups in total. The number of esters is 1. The van der Waals surface area contributed by atoms with Crippen molar-refractivity contribution in [2.24, 2.45) is 0 Å². The second-order valence-electron chi connectivity index (χ2n) is 4.26. The first kappa shape index (κ1) is 16.9. The van der Waals surface area contributed by atoms with E-state index in [1.165, 1.54) is 19.2 Å². The van der Waals surface area contributed by atoms with E-state index < -0.39 is 30.3 Å². The van der Waals surface area contributed by atoms with Crippen molar-refractivity contribution in [3.05, 3.63) is 23.3 Å². The maximum atomic E-state index is 11.3. The molecule has 0 amide bonds. The highest BCUT2D eigenvalue weighted by molar-refractivity contribution is 5.83. The number of carbonyl (C=O) groups excluding carboxylic acids is 2. The average molecular weight is 298 g/mol. The lowest BCUT2D eigenvalue weighted by Gasteiger charge is -2.20. The summed E-state index contributed by atoms with van der Waals surface area (Å²) >= 11 is 0. The van der Waals surface area contributed by atoms with Gasteiger partial charge in [0.2, 0.25) is 0 Å². The van der Waals surface area contributed by atoms with Crippen molar-refractivity contribution in [2.75, 3.05) is 13.7 Å². The zero-order valence-corrected chi connectivity index (χ0v) is 11.8. The summed E-state index contributed by atoms with van der Waals surface area (Å²) in [7, 11) is 1.31. The molecular formula is C14H18O7. The molecule has 7 heteroatoms. The smallest absolute Gasteiger partial charge is 0.308 e. The first-order chi connectivity index (χ1) is 9.96. The third kappa shape index (κ3) is 3.93. The highest BCUT2D eigenvalue weighted by atomic mass is 16.5. The SMILES string of the molecule is CCOC(=O)CC(O)C(O)c1ccc(OC)c(O)c1C=O. The van der Waals surface area contributed by atoms with E-state index in [4.69, 9.17) is 4.74 Å². The molecular weight excluding hydrogens is 280 g/mol. The Morgan fingerprint density at radius 2 is 2.05 bits per heavy atom. The van der Waals surface area contributed by atoms with Gasteiger partial charge in [-0.15, -0.1) is 0 Å². The summed E-state index contributed by atoms with van der Waals surface area (Å²) in [5.41, 5.74) is -0.204. The zero-order valence-electron chi connectivity index (χ0n) is 11.8. The molecule has 0 aliphatic rings. The topological polar surface area (TPSA) is 113 Å². The Hall–Kier alpha value is -2.12.